The monoisotopic (exact) mass is 266 g/mol. The fraction of sp³-hybridized carbons (Fsp3) is 0.417. The van der Waals surface area contributed by atoms with Crippen LogP contribution in [0.1, 0.15) is 17.3 Å². The van der Waals surface area contributed by atoms with E-state index >= 15 is 0 Å². The lowest BCUT2D eigenvalue weighted by atomic mass is 10.1. The first-order chi connectivity index (χ1) is 8.95. The molecule has 0 saturated carbocycles. The Kier molecular flexibility index (Phi) is 5.25. The summed E-state index contributed by atoms with van der Waals surface area (Å²) in [5, 5.41) is 13.9. The first-order valence-electron chi connectivity index (χ1n) is 5.96. The minimum atomic E-state index is -0.608. The number of nitrogens with one attached hydrogen (secondary N) is 1. The number of nitrogens with zero attached hydrogens (tertiary/aromatic N) is 2. The van der Waals surface area contributed by atoms with E-state index < -0.39 is 10.8 Å². The normalized spacial score (nSPS) is 10.5. The lowest BCUT2D eigenvalue weighted by Crippen LogP contribution is -2.25. The summed E-state index contributed by atoms with van der Waals surface area (Å²) in [6, 6.07) is 4.04. The second-order valence-electron chi connectivity index (χ2n) is 4.18. The smallest absolute Gasteiger partial charge is 0.292 e. The standard InChI is InChI=1S/C12H18N4O3/c1-3-15(2)7-6-14-10-8-9(12(13)17)4-5-11(10)16(18)19/h4-5,8,14H,3,6-7H2,1-2H3,(H2,13,17). The van der Waals surface area contributed by atoms with Gasteiger partial charge in [-0.3, -0.25) is 14.9 Å². The van der Waals surface area contributed by atoms with Crippen molar-refractivity contribution in [1.82, 2.24) is 4.90 Å². The highest BCUT2D eigenvalue weighted by atomic mass is 16.6. The van der Waals surface area contributed by atoms with Crippen LogP contribution in [-0.4, -0.2) is 42.4 Å². The number of primary amides is 1. The van der Waals surface area contributed by atoms with Gasteiger partial charge in [0.2, 0.25) is 5.91 Å². The molecule has 104 valence electrons. The van der Waals surface area contributed by atoms with Gasteiger partial charge in [0, 0.05) is 24.7 Å². The third kappa shape index (κ3) is 4.22. The van der Waals surface area contributed by atoms with E-state index in [2.05, 4.69) is 10.2 Å². The topological polar surface area (TPSA) is 102 Å². The number of nitro benzene ring substituents is 1. The second kappa shape index (κ2) is 6.69. The van der Waals surface area contributed by atoms with Crippen LogP contribution in [0.3, 0.4) is 0 Å². The van der Waals surface area contributed by atoms with E-state index in [4.69, 9.17) is 5.73 Å². The summed E-state index contributed by atoms with van der Waals surface area (Å²) in [6.45, 7) is 4.21. The van der Waals surface area contributed by atoms with Gasteiger partial charge in [0.1, 0.15) is 5.69 Å². The summed E-state index contributed by atoms with van der Waals surface area (Å²) in [7, 11) is 1.95. The van der Waals surface area contributed by atoms with Gasteiger partial charge in [0.25, 0.3) is 5.69 Å². The second-order valence-corrected chi connectivity index (χ2v) is 4.18. The van der Waals surface area contributed by atoms with Gasteiger partial charge in [-0.25, -0.2) is 0 Å². The Morgan fingerprint density at radius 1 is 1.53 bits per heavy atom. The van der Waals surface area contributed by atoms with Crippen LogP contribution >= 0.6 is 0 Å². The summed E-state index contributed by atoms with van der Waals surface area (Å²) in [5.41, 5.74) is 5.65. The average molecular weight is 266 g/mol. The molecular formula is C12H18N4O3. The molecule has 1 amide bonds. The summed E-state index contributed by atoms with van der Waals surface area (Å²) in [4.78, 5) is 23.6. The molecule has 0 atom stereocenters. The number of nitro groups is 1. The molecule has 3 N–H and O–H groups in total. The van der Waals surface area contributed by atoms with Crippen molar-refractivity contribution < 1.29 is 9.72 Å². The molecule has 1 rings (SSSR count). The lowest BCUT2D eigenvalue weighted by Gasteiger charge is -2.14. The molecule has 0 aromatic heterocycles. The van der Waals surface area contributed by atoms with Crippen LogP contribution in [-0.2, 0) is 0 Å². The average Bonchev–Trinajstić information content (AvgIpc) is 2.37. The van der Waals surface area contributed by atoms with Crippen molar-refractivity contribution in [3.8, 4) is 0 Å². The third-order valence-corrected chi connectivity index (χ3v) is 2.83. The molecule has 0 unspecified atom stereocenters. The maximum absolute atomic E-state index is 11.1. The number of benzene rings is 1. The molecule has 19 heavy (non-hydrogen) atoms. The van der Waals surface area contributed by atoms with Crippen molar-refractivity contribution in [3.05, 3.63) is 33.9 Å². The number of amides is 1. The van der Waals surface area contributed by atoms with Crippen LogP contribution in [0.15, 0.2) is 18.2 Å². The largest absolute Gasteiger partial charge is 0.378 e. The molecular weight excluding hydrogens is 248 g/mol. The minimum absolute atomic E-state index is 0.0656. The van der Waals surface area contributed by atoms with Gasteiger partial charge in [0.15, 0.2) is 0 Å². The first-order valence-corrected chi connectivity index (χ1v) is 5.96. The maximum Gasteiger partial charge on any atom is 0.292 e. The predicted octanol–water partition coefficient (Wildman–Crippen LogP) is 1.06. The van der Waals surface area contributed by atoms with Gasteiger partial charge in [-0.1, -0.05) is 6.92 Å². The Hall–Kier alpha value is -2.15. The zero-order valence-corrected chi connectivity index (χ0v) is 11.0. The number of carbonyl (C=O) groups is 1. The molecule has 0 spiro atoms. The van der Waals surface area contributed by atoms with Crippen LogP contribution in [0.4, 0.5) is 11.4 Å². The molecule has 0 aliphatic carbocycles. The van der Waals surface area contributed by atoms with Crippen molar-refractivity contribution in [1.29, 1.82) is 0 Å². The summed E-state index contributed by atoms with van der Waals surface area (Å²) in [6.07, 6.45) is 0. The van der Waals surface area contributed by atoms with Gasteiger partial charge < -0.3 is 16.0 Å². The first kappa shape index (κ1) is 14.9. The molecule has 0 bridgehead atoms. The fourth-order valence-electron chi connectivity index (χ4n) is 1.53. The van der Waals surface area contributed by atoms with Gasteiger partial charge in [-0.2, -0.15) is 0 Å². The zero-order chi connectivity index (χ0) is 14.4. The van der Waals surface area contributed by atoms with Gasteiger partial charge in [0.05, 0.1) is 4.92 Å². The maximum atomic E-state index is 11.1. The van der Waals surface area contributed by atoms with E-state index in [0.29, 0.717) is 12.2 Å². The van der Waals surface area contributed by atoms with Crippen LogP contribution < -0.4 is 11.1 Å². The van der Waals surface area contributed by atoms with Crippen molar-refractivity contribution in [3.63, 3.8) is 0 Å². The van der Waals surface area contributed by atoms with Gasteiger partial charge >= 0.3 is 0 Å². The summed E-state index contributed by atoms with van der Waals surface area (Å²) >= 11 is 0. The number of hydrogen-bond acceptors (Lipinski definition) is 5. The summed E-state index contributed by atoms with van der Waals surface area (Å²) in [5.74, 6) is -0.608. The van der Waals surface area contributed by atoms with E-state index in [1.54, 1.807) is 0 Å². The van der Waals surface area contributed by atoms with Gasteiger partial charge in [-0.15, -0.1) is 0 Å². The van der Waals surface area contributed by atoms with E-state index in [1.165, 1.54) is 18.2 Å². The van der Waals surface area contributed by atoms with Crippen molar-refractivity contribution in [2.24, 2.45) is 5.73 Å². The Morgan fingerprint density at radius 3 is 2.74 bits per heavy atom. The van der Waals surface area contributed by atoms with Crippen LogP contribution in [0.2, 0.25) is 0 Å². The molecule has 0 radical (unpaired) electrons. The molecule has 0 aliphatic heterocycles. The minimum Gasteiger partial charge on any atom is -0.378 e. The molecule has 0 saturated heterocycles. The zero-order valence-electron chi connectivity index (χ0n) is 11.0. The van der Waals surface area contributed by atoms with E-state index in [-0.39, 0.29) is 11.3 Å². The molecule has 1 aromatic carbocycles. The highest BCUT2D eigenvalue weighted by molar-refractivity contribution is 5.94. The number of anilines is 1. The van der Waals surface area contributed by atoms with Gasteiger partial charge in [-0.05, 0) is 25.7 Å². The van der Waals surface area contributed by atoms with Crippen LogP contribution in [0.25, 0.3) is 0 Å². The molecule has 0 fully saturated rings. The lowest BCUT2D eigenvalue weighted by molar-refractivity contribution is -0.384. The van der Waals surface area contributed by atoms with E-state index in [1.807, 2.05) is 14.0 Å². The Morgan fingerprint density at radius 2 is 2.21 bits per heavy atom. The molecule has 0 heterocycles. The molecule has 7 heteroatoms. The fourth-order valence-corrected chi connectivity index (χ4v) is 1.53. The van der Waals surface area contributed by atoms with Crippen molar-refractivity contribution >= 4 is 17.3 Å². The van der Waals surface area contributed by atoms with Crippen molar-refractivity contribution in [2.45, 2.75) is 6.92 Å². The quantitative estimate of drug-likeness (QED) is 0.567. The number of nitrogens with two attached hydrogens (primary N) is 1. The molecule has 1 aromatic rings. The molecule has 0 aliphatic rings. The predicted molar refractivity (Wildman–Crippen MR) is 73.3 cm³/mol. The molecule has 7 nitrogen and oxygen atoms in total. The Labute approximate surface area is 111 Å². The van der Waals surface area contributed by atoms with Crippen molar-refractivity contribution in [2.75, 3.05) is 32.0 Å². The van der Waals surface area contributed by atoms with Crippen LogP contribution in [0, 0.1) is 10.1 Å². The third-order valence-electron chi connectivity index (χ3n) is 2.83. The Balaban J connectivity index is 2.85. The van der Waals surface area contributed by atoms with Crippen LogP contribution in [0.5, 0.6) is 0 Å². The van der Waals surface area contributed by atoms with E-state index in [0.717, 1.165) is 13.1 Å². The highest BCUT2D eigenvalue weighted by Gasteiger charge is 2.15. The Bertz CT molecular complexity index is 476. The number of rotatable bonds is 7. The van der Waals surface area contributed by atoms with E-state index in [9.17, 15) is 14.9 Å². The number of likely N-dealkylation sites (N-methyl/N-ethyl adjacent to an activating group) is 1. The number of hydrogen-bond donors (Lipinski definition) is 2. The highest BCUT2D eigenvalue weighted by Crippen LogP contribution is 2.25. The SMILES string of the molecule is CCN(C)CCNc1cc(C(N)=O)ccc1[N+](=O)[O-]. The summed E-state index contributed by atoms with van der Waals surface area (Å²) < 4.78 is 0. The number of carbonyl (C=O) groups excluding carboxylic acids is 1.